The van der Waals surface area contributed by atoms with Crippen molar-refractivity contribution in [3.05, 3.63) is 16.3 Å². The van der Waals surface area contributed by atoms with Crippen molar-refractivity contribution in [2.24, 2.45) is 5.92 Å². The zero-order valence-electron chi connectivity index (χ0n) is 13.1. The Morgan fingerprint density at radius 2 is 1.95 bits per heavy atom. The Balaban J connectivity index is 1.98. The summed E-state index contributed by atoms with van der Waals surface area (Å²) in [6.07, 6.45) is 4.72. The molecular formula is C15H26N2O2S2. The van der Waals surface area contributed by atoms with Gasteiger partial charge < -0.3 is 5.32 Å². The number of hydrogen-bond acceptors (Lipinski definition) is 4. The maximum Gasteiger partial charge on any atom is 0.241 e. The van der Waals surface area contributed by atoms with Gasteiger partial charge in [0.1, 0.15) is 0 Å². The monoisotopic (exact) mass is 330 g/mol. The molecule has 4 nitrogen and oxygen atoms in total. The van der Waals surface area contributed by atoms with Gasteiger partial charge in [-0.2, -0.15) is 0 Å². The molecular weight excluding hydrogens is 304 g/mol. The first-order valence-electron chi connectivity index (χ1n) is 7.71. The van der Waals surface area contributed by atoms with Gasteiger partial charge in [-0.25, -0.2) is 13.1 Å². The second-order valence-electron chi connectivity index (χ2n) is 6.24. The number of hydrogen-bond donors (Lipinski definition) is 2. The van der Waals surface area contributed by atoms with Gasteiger partial charge >= 0.3 is 0 Å². The van der Waals surface area contributed by atoms with E-state index in [1.807, 2.05) is 6.92 Å². The van der Waals surface area contributed by atoms with Gasteiger partial charge in [-0.15, -0.1) is 11.3 Å². The summed E-state index contributed by atoms with van der Waals surface area (Å²) in [5.41, 5.74) is 0. The lowest BCUT2D eigenvalue weighted by Gasteiger charge is -2.19. The Morgan fingerprint density at radius 1 is 1.29 bits per heavy atom. The molecule has 0 bridgehead atoms. The standard InChI is InChI=1S/C15H26N2O2S2/c1-11(2)16-9-14-8-15(10-20-14)21(18,19)17-12(3)13-6-4-5-7-13/h8,10-13,16-17H,4-7,9H2,1-3H3. The van der Waals surface area contributed by atoms with E-state index in [0.29, 0.717) is 16.9 Å². The minimum atomic E-state index is -3.38. The van der Waals surface area contributed by atoms with Gasteiger partial charge in [-0.1, -0.05) is 26.7 Å². The molecule has 6 heteroatoms. The summed E-state index contributed by atoms with van der Waals surface area (Å²) in [4.78, 5) is 1.45. The van der Waals surface area contributed by atoms with Crippen LogP contribution in [0.4, 0.5) is 0 Å². The molecule has 1 unspecified atom stereocenters. The molecule has 1 atom stereocenters. The zero-order chi connectivity index (χ0) is 15.5. The van der Waals surface area contributed by atoms with Crippen LogP contribution in [0, 0.1) is 5.92 Å². The topological polar surface area (TPSA) is 58.2 Å². The van der Waals surface area contributed by atoms with E-state index in [1.165, 1.54) is 24.2 Å². The molecule has 1 aliphatic rings. The molecule has 2 N–H and O–H groups in total. The van der Waals surface area contributed by atoms with Crippen molar-refractivity contribution in [1.29, 1.82) is 0 Å². The second-order valence-corrected chi connectivity index (χ2v) is 8.95. The third kappa shape index (κ3) is 4.77. The van der Waals surface area contributed by atoms with Crippen LogP contribution in [-0.2, 0) is 16.6 Å². The SMILES string of the molecule is CC(C)NCc1cc(S(=O)(=O)NC(C)C2CCCC2)cs1. The maximum absolute atomic E-state index is 12.4. The summed E-state index contributed by atoms with van der Waals surface area (Å²) in [5, 5.41) is 5.04. The van der Waals surface area contributed by atoms with Crippen LogP contribution in [0.15, 0.2) is 16.3 Å². The van der Waals surface area contributed by atoms with E-state index in [2.05, 4.69) is 23.9 Å². The van der Waals surface area contributed by atoms with Crippen LogP contribution < -0.4 is 10.0 Å². The Bertz CT molecular complexity index is 546. The van der Waals surface area contributed by atoms with Crippen molar-refractivity contribution >= 4 is 21.4 Å². The smallest absolute Gasteiger partial charge is 0.241 e. The zero-order valence-corrected chi connectivity index (χ0v) is 14.7. The normalized spacial score (nSPS) is 18.5. The van der Waals surface area contributed by atoms with Gasteiger partial charge in [0.15, 0.2) is 0 Å². The summed E-state index contributed by atoms with van der Waals surface area (Å²) in [7, 11) is -3.38. The van der Waals surface area contributed by atoms with Gasteiger partial charge in [-0.05, 0) is 31.7 Å². The maximum atomic E-state index is 12.4. The first kappa shape index (κ1) is 16.9. The molecule has 0 amide bonds. The summed E-state index contributed by atoms with van der Waals surface area (Å²) in [5.74, 6) is 0.487. The van der Waals surface area contributed by atoms with Crippen LogP contribution in [0.3, 0.4) is 0 Å². The molecule has 1 heterocycles. The van der Waals surface area contributed by atoms with E-state index in [0.717, 1.165) is 24.3 Å². The van der Waals surface area contributed by atoms with E-state index in [4.69, 9.17) is 0 Å². The van der Waals surface area contributed by atoms with Crippen LogP contribution in [0.25, 0.3) is 0 Å². The summed E-state index contributed by atoms with van der Waals surface area (Å²) < 4.78 is 27.7. The highest BCUT2D eigenvalue weighted by atomic mass is 32.2. The fraction of sp³-hybridized carbons (Fsp3) is 0.733. The number of nitrogens with one attached hydrogen (secondary N) is 2. The number of sulfonamides is 1. The Kier molecular flexibility index (Phi) is 5.82. The largest absolute Gasteiger partial charge is 0.310 e. The van der Waals surface area contributed by atoms with E-state index >= 15 is 0 Å². The van der Waals surface area contributed by atoms with Crippen LogP contribution >= 0.6 is 11.3 Å². The lowest BCUT2D eigenvalue weighted by molar-refractivity contribution is 0.424. The highest BCUT2D eigenvalue weighted by Gasteiger charge is 2.26. The molecule has 1 fully saturated rings. The fourth-order valence-corrected chi connectivity index (χ4v) is 5.30. The highest BCUT2D eigenvalue weighted by molar-refractivity contribution is 7.89. The fourth-order valence-electron chi connectivity index (χ4n) is 2.77. The molecule has 0 aromatic carbocycles. The predicted molar refractivity (Wildman–Crippen MR) is 88.0 cm³/mol. The Labute approximate surface area is 132 Å². The summed E-state index contributed by atoms with van der Waals surface area (Å²) in [6, 6.07) is 2.20. The van der Waals surface area contributed by atoms with E-state index in [9.17, 15) is 8.42 Å². The molecule has 0 saturated heterocycles. The van der Waals surface area contributed by atoms with Crippen molar-refractivity contribution in [2.75, 3.05) is 0 Å². The number of rotatable bonds is 7. The molecule has 21 heavy (non-hydrogen) atoms. The minimum absolute atomic E-state index is 0.0228. The average molecular weight is 331 g/mol. The molecule has 0 spiro atoms. The molecule has 1 aliphatic carbocycles. The van der Waals surface area contributed by atoms with Crippen molar-refractivity contribution < 1.29 is 8.42 Å². The van der Waals surface area contributed by atoms with Gasteiger partial charge in [0.25, 0.3) is 0 Å². The lowest BCUT2D eigenvalue weighted by atomic mass is 10.0. The van der Waals surface area contributed by atoms with Gasteiger partial charge in [0.2, 0.25) is 10.0 Å². The Morgan fingerprint density at radius 3 is 2.57 bits per heavy atom. The van der Waals surface area contributed by atoms with E-state index < -0.39 is 10.0 Å². The molecule has 2 rings (SSSR count). The minimum Gasteiger partial charge on any atom is -0.310 e. The van der Waals surface area contributed by atoms with Crippen molar-refractivity contribution in [1.82, 2.24) is 10.0 Å². The molecule has 120 valence electrons. The van der Waals surface area contributed by atoms with Gasteiger partial charge in [0.05, 0.1) is 4.90 Å². The molecule has 0 aliphatic heterocycles. The molecule has 1 saturated carbocycles. The van der Waals surface area contributed by atoms with E-state index in [1.54, 1.807) is 11.4 Å². The van der Waals surface area contributed by atoms with Crippen molar-refractivity contribution in [3.8, 4) is 0 Å². The third-order valence-corrected chi connectivity index (χ3v) is 6.70. The van der Waals surface area contributed by atoms with Crippen molar-refractivity contribution in [3.63, 3.8) is 0 Å². The first-order chi connectivity index (χ1) is 9.88. The average Bonchev–Trinajstić information content (AvgIpc) is 3.07. The van der Waals surface area contributed by atoms with Crippen LogP contribution in [0.2, 0.25) is 0 Å². The van der Waals surface area contributed by atoms with Crippen LogP contribution in [0.5, 0.6) is 0 Å². The first-order valence-corrected chi connectivity index (χ1v) is 10.1. The predicted octanol–water partition coefficient (Wildman–Crippen LogP) is 3.10. The third-order valence-electron chi connectivity index (χ3n) is 4.07. The molecule has 0 radical (unpaired) electrons. The van der Waals surface area contributed by atoms with E-state index in [-0.39, 0.29) is 6.04 Å². The summed E-state index contributed by atoms with van der Waals surface area (Å²) >= 11 is 1.50. The van der Waals surface area contributed by atoms with Gasteiger partial charge in [-0.3, -0.25) is 0 Å². The van der Waals surface area contributed by atoms with Gasteiger partial charge in [0, 0.05) is 28.9 Å². The van der Waals surface area contributed by atoms with Crippen LogP contribution in [-0.4, -0.2) is 20.5 Å². The summed E-state index contributed by atoms with van der Waals surface area (Å²) in [6.45, 7) is 6.86. The van der Waals surface area contributed by atoms with Crippen LogP contribution in [0.1, 0.15) is 51.3 Å². The number of thiophene rings is 1. The molecule has 1 aromatic rings. The highest BCUT2D eigenvalue weighted by Crippen LogP contribution is 2.28. The Hall–Kier alpha value is -0.430. The quantitative estimate of drug-likeness (QED) is 0.807. The second kappa shape index (κ2) is 7.22. The lowest BCUT2D eigenvalue weighted by Crippen LogP contribution is -2.37. The molecule has 1 aromatic heterocycles. The van der Waals surface area contributed by atoms with Crippen molar-refractivity contribution in [2.45, 2.75) is 70.0 Å².